The summed E-state index contributed by atoms with van der Waals surface area (Å²) in [6.07, 6.45) is 6.47. The summed E-state index contributed by atoms with van der Waals surface area (Å²) in [5.74, 6) is -1.29. The van der Waals surface area contributed by atoms with Crippen LogP contribution in [-0.2, 0) is 4.79 Å². The molecule has 3 aromatic rings. The van der Waals surface area contributed by atoms with Crippen LogP contribution >= 0.6 is 0 Å². The third-order valence-corrected chi connectivity index (χ3v) is 5.80. The molecule has 0 aliphatic heterocycles. The van der Waals surface area contributed by atoms with Crippen LogP contribution in [-0.4, -0.2) is 47.9 Å². The van der Waals surface area contributed by atoms with Gasteiger partial charge in [-0.05, 0) is 44.4 Å². The Hall–Kier alpha value is -4.02. The van der Waals surface area contributed by atoms with E-state index in [1.807, 2.05) is 0 Å². The first-order valence-electron chi connectivity index (χ1n) is 10.6. The maximum absolute atomic E-state index is 13.3. The van der Waals surface area contributed by atoms with Crippen molar-refractivity contribution in [3.63, 3.8) is 0 Å². The van der Waals surface area contributed by atoms with Crippen molar-refractivity contribution in [2.75, 3.05) is 11.9 Å². The lowest BCUT2D eigenvalue weighted by atomic mass is 10.0. The molecule has 1 fully saturated rings. The molecule has 11 nitrogen and oxygen atoms in total. The van der Waals surface area contributed by atoms with E-state index in [9.17, 15) is 19.6 Å². The zero-order valence-electron chi connectivity index (χ0n) is 18.3. The Bertz CT molecular complexity index is 1380. The number of anilines is 1. The molecule has 0 amide bonds. The quantitative estimate of drug-likeness (QED) is 0.380. The third kappa shape index (κ3) is 4.34. The molecule has 3 N–H and O–H groups in total. The highest BCUT2D eigenvalue weighted by Gasteiger charge is 2.25. The second-order valence-electron chi connectivity index (χ2n) is 8.06. The Balaban J connectivity index is 1.85. The minimum Gasteiger partial charge on any atom is -0.480 e. The standard InChI is InChI=1S/C22H24N6O5/c1-12-16-9-24-22(25-17-8-7-14(11-27(17)33)23-10-18(30)31)26-20(16)28(15-5-3-4-6-15)21(32)19(12)13(2)29/h7-9,11,15,23,33H,3-6,10H2,1-2H3,(H,30,31). The molecule has 0 bridgehead atoms. The number of nitrogens with zero attached hydrogens (tertiary/aromatic N) is 5. The average Bonchev–Trinajstić information content (AvgIpc) is 3.28. The Labute approximate surface area is 188 Å². The first-order valence-corrected chi connectivity index (χ1v) is 10.6. The number of pyridine rings is 2. The van der Waals surface area contributed by atoms with E-state index in [4.69, 9.17) is 5.11 Å². The van der Waals surface area contributed by atoms with Crippen molar-refractivity contribution in [2.45, 2.75) is 45.6 Å². The monoisotopic (exact) mass is 452 g/mol. The topological polar surface area (TPSA) is 152 Å². The van der Waals surface area contributed by atoms with Gasteiger partial charge in [-0.3, -0.25) is 19.0 Å². The van der Waals surface area contributed by atoms with Crippen molar-refractivity contribution < 1.29 is 19.9 Å². The number of Topliss-reactive ketones (excluding diaryl/α,β-unsaturated/α-hetero) is 1. The highest BCUT2D eigenvalue weighted by Crippen LogP contribution is 2.32. The number of rotatable bonds is 6. The van der Waals surface area contributed by atoms with E-state index in [-0.39, 0.29) is 40.9 Å². The molecule has 172 valence electrons. The summed E-state index contributed by atoms with van der Waals surface area (Å²) in [7, 11) is 0. The molecule has 11 heteroatoms. The summed E-state index contributed by atoms with van der Waals surface area (Å²) < 4.78 is 2.32. The molecule has 1 aliphatic carbocycles. The number of carboxylic acids is 1. The predicted octanol–water partition coefficient (Wildman–Crippen LogP) is 2.19. The van der Waals surface area contributed by atoms with Crippen LogP contribution in [0.5, 0.6) is 0 Å². The van der Waals surface area contributed by atoms with Crippen molar-refractivity contribution >= 4 is 34.4 Å². The van der Waals surface area contributed by atoms with Gasteiger partial charge in [-0.1, -0.05) is 12.8 Å². The summed E-state index contributed by atoms with van der Waals surface area (Å²) in [4.78, 5) is 49.2. The average molecular weight is 452 g/mol. The lowest BCUT2D eigenvalue weighted by molar-refractivity contribution is -0.134. The molecule has 4 rings (SSSR count). The predicted molar refractivity (Wildman–Crippen MR) is 119 cm³/mol. The molecular formula is C22H24N6O5. The molecular weight excluding hydrogens is 428 g/mol. The van der Waals surface area contributed by atoms with Crippen molar-refractivity contribution in [2.24, 2.45) is 4.99 Å². The van der Waals surface area contributed by atoms with Gasteiger partial charge in [0.25, 0.3) is 11.5 Å². The van der Waals surface area contributed by atoms with E-state index in [0.717, 1.165) is 30.4 Å². The summed E-state index contributed by atoms with van der Waals surface area (Å²) >= 11 is 0. The highest BCUT2D eigenvalue weighted by atomic mass is 16.5. The van der Waals surface area contributed by atoms with Crippen LogP contribution in [0.25, 0.3) is 11.0 Å². The number of carbonyl (C=O) groups excluding carboxylic acids is 1. The van der Waals surface area contributed by atoms with Crippen molar-refractivity contribution in [3.8, 4) is 0 Å². The molecule has 0 spiro atoms. The summed E-state index contributed by atoms with van der Waals surface area (Å²) in [5, 5.41) is 22.2. The first kappa shape index (κ1) is 22.2. The molecule has 33 heavy (non-hydrogen) atoms. The van der Waals surface area contributed by atoms with Crippen LogP contribution in [0.3, 0.4) is 0 Å². The van der Waals surface area contributed by atoms with E-state index in [1.54, 1.807) is 23.8 Å². The number of fused-ring (bicyclic) bond motifs is 1. The van der Waals surface area contributed by atoms with Gasteiger partial charge in [0.2, 0.25) is 0 Å². The van der Waals surface area contributed by atoms with Gasteiger partial charge >= 0.3 is 5.97 Å². The summed E-state index contributed by atoms with van der Waals surface area (Å²) in [6.45, 7) is 2.79. The van der Waals surface area contributed by atoms with Crippen LogP contribution < -0.4 is 16.4 Å². The summed E-state index contributed by atoms with van der Waals surface area (Å²) in [5.41, 5.74) is 1.25. The van der Waals surface area contributed by atoms with Crippen LogP contribution in [0.2, 0.25) is 0 Å². The van der Waals surface area contributed by atoms with E-state index < -0.39 is 5.97 Å². The third-order valence-electron chi connectivity index (χ3n) is 5.80. The normalized spacial score (nSPS) is 14.7. The van der Waals surface area contributed by atoms with Gasteiger partial charge in [0.15, 0.2) is 11.3 Å². The molecule has 0 aromatic carbocycles. The zero-order chi connectivity index (χ0) is 23.7. The Morgan fingerprint density at radius 3 is 2.64 bits per heavy atom. The molecule has 0 saturated heterocycles. The summed E-state index contributed by atoms with van der Waals surface area (Å²) in [6, 6.07) is 2.99. The van der Waals surface area contributed by atoms with Gasteiger partial charge < -0.3 is 15.6 Å². The van der Waals surface area contributed by atoms with Gasteiger partial charge in [-0.15, -0.1) is 0 Å². The molecule has 1 aliphatic rings. The van der Waals surface area contributed by atoms with Crippen LogP contribution in [0.15, 0.2) is 34.3 Å². The van der Waals surface area contributed by atoms with E-state index in [0.29, 0.717) is 22.3 Å². The lowest BCUT2D eigenvalue weighted by Crippen LogP contribution is -2.30. The van der Waals surface area contributed by atoms with Gasteiger partial charge in [0.05, 0.1) is 17.4 Å². The van der Waals surface area contributed by atoms with Crippen molar-refractivity contribution in [3.05, 3.63) is 51.5 Å². The number of aryl methyl sites for hydroxylation is 1. The van der Waals surface area contributed by atoms with Crippen molar-refractivity contribution in [1.82, 2.24) is 19.3 Å². The van der Waals surface area contributed by atoms with E-state index in [2.05, 4.69) is 20.3 Å². The maximum atomic E-state index is 13.3. The van der Waals surface area contributed by atoms with Gasteiger partial charge in [-0.25, -0.2) is 4.98 Å². The fraction of sp³-hybridized carbons (Fsp3) is 0.364. The van der Waals surface area contributed by atoms with Crippen molar-refractivity contribution in [1.29, 1.82) is 0 Å². The highest BCUT2D eigenvalue weighted by molar-refractivity contribution is 5.99. The van der Waals surface area contributed by atoms with Gasteiger partial charge in [-0.2, -0.15) is 14.7 Å². The van der Waals surface area contributed by atoms with E-state index in [1.165, 1.54) is 19.2 Å². The van der Waals surface area contributed by atoms with E-state index >= 15 is 0 Å². The van der Waals surface area contributed by atoms with Gasteiger partial charge in [0.1, 0.15) is 12.2 Å². The lowest BCUT2D eigenvalue weighted by Gasteiger charge is -2.19. The minimum atomic E-state index is -1.03. The Kier molecular flexibility index (Phi) is 5.95. The zero-order valence-corrected chi connectivity index (χ0v) is 18.3. The Morgan fingerprint density at radius 2 is 2.00 bits per heavy atom. The molecule has 0 radical (unpaired) electrons. The number of nitrogens with one attached hydrogen (secondary N) is 1. The maximum Gasteiger partial charge on any atom is 0.322 e. The molecule has 3 aromatic heterocycles. The number of hydrogen-bond donors (Lipinski definition) is 3. The van der Waals surface area contributed by atoms with Crippen LogP contribution in [0.1, 0.15) is 54.6 Å². The fourth-order valence-corrected chi connectivity index (χ4v) is 4.25. The number of ketones is 1. The number of carbonyl (C=O) groups is 2. The number of aromatic nitrogens is 4. The first-order chi connectivity index (χ1) is 15.8. The number of hydrogen-bond acceptors (Lipinski definition) is 8. The number of carboxylic acid groups (broad SMARTS) is 1. The molecule has 1 saturated carbocycles. The Morgan fingerprint density at radius 1 is 1.27 bits per heavy atom. The number of aliphatic carboxylic acids is 1. The second-order valence-corrected chi connectivity index (χ2v) is 8.06. The van der Waals surface area contributed by atoms with Gasteiger partial charge in [0, 0.05) is 17.6 Å². The SMILES string of the molecule is CC(=O)c1c(C)c2cnc(N=c3ccc(NCC(=O)O)cn3O)nc2n(C2CCCC2)c1=O. The largest absolute Gasteiger partial charge is 0.480 e. The molecule has 0 atom stereocenters. The van der Waals surface area contributed by atoms with Crippen LogP contribution in [0.4, 0.5) is 11.6 Å². The molecule has 3 heterocycles. The molecule has 0 unspecified atom stereocenters. The second kappa shape index (κ2) is 8.85. The minimum absolute atomic E-state index is 0.0395. The van der Waals surface area contributed by atoms with Crippen LogP contribution in [0, 0.1) is 6.92 Å². The fourth-order valence-electron chi connectivity index (χ4n) is 4.25. The smallest absolute Gasteiger partial charge is 0.322 e.